The largest absolute Gasteiger partial charge is 0.354 e. The van der Waals surface area contributed by atoms with Crippen LogP contribution >= 0.6 is 23.2 Å². The summed E-state index contributed by atoms with van der Waals surface area (Å²) in [6, 6.07) is 5.54. The third kappa shape index (κ3) is 2.72. The molecule has 18 heavy (non-hydrogen) atoms. The second kappa shape index (κ2) is 5.99. The van der Waals surface area contributed by atoms with E-state index in [0.717, 1.165) is 24.7 Å². The fraction of sp³-hybridized carbons (Fsp3) is 0.308. The molecule has 2 rings (SSSR count). The van der Waals surface area contributed by atoms with Crippen molar-refractivity contribution in [1.29, 1.82) is 0 Å². The van der Waals surface area contributed by atoms with E-state index in [1.54, 1.807) is 6.07 Å². The predicted octanol–water partition coefficient (Wildman–Crippen LogP) is 2.78. The van der Waals surface area contributed by atoms with Gasteiger partial charge in [0.25, 0.3) is 0 Å². The van der Waals surface area contributed by atoms with E-state index in [2.05, 4.69) is 22.2 Å². The van der Waals surface area contributed by atoms with E-state index in [9.17, 15) is 0 Å². The summed E-state index contributed by atoms with van der Waals surface area (Å²) in [5, 5.41) is 4.27. The van der Waals surface area contributed by atoms with Crippen molar-refractivity contribution < 1.29 is 0 Å². The number of aliphatic imine (C=N–C) groups is 1. The summed E-state index contributed by atoms with van der Waals surface area (Å²) < 4.78 is 0. The third-order valence-electron chi connectivity index (χ3n) is 2.55. The van der Waals surface area contributed by atoms with Gasteiger partial charge < -0.3 is 5.32 Å². The van der Waals surface area contributed by atoms with Crippen molar-refractivity contribution in [2.75, 3.05) is 24.5 Å². The number of benzene rings is 1. The lowest BCUT2D eigenvalue weighted by molar-refractivity contribution is 0.947. The summed E-state index contributed by atoms with van der Waals surface area (Å²) in [7, 11) is 0. The van der Waals surface area contributed by atoms with Crippen LogP contribution in [0.25, 0.3) is 0 Å². The molecule has 0 radical (unpaired) electrons. The van der Waals surface area contributed by atoms with Crippen LogP contribution in [-0.2, 0) is 0 Å². The monoisotopic (exact) mass is 281 g/mol. The quantitative estimate of drug-likeness (QED) is 0.845. The number of rotatable bonds is 2. The molecule has 0 aliphatic carbocycles. The molecule has 0 bridgehead atoms. The van der Waals surface area contributed by atoms with E-state index < -0.39 is 0 Å². The standard InChI is InChI=1S/C13H13Cl2N3/c1-2-3-9-18(13-16-7-8-17-13)11-6-4-5-10(14)12(11)15/h4-6H,7-9H2,1H3,(H,16,17). The van der Waals surface area contributed by atoms with Gasteiger partial charge in [0.15, 0.2) is 5.96 Å². The molecule has 0 fully saturated rings. The highest BCUT2D eigenvalue weighted by atomic mass is 35.5. The van der Waals surface area contributed by atoms with Gasteiger partial charge in [0.1, 0.15) is 0 Å². The Bertz CT molecular complexity index is 529. The minimum Gasteiger partial charge on any atom is -0.354 e. The average Bonchev–Trinajstić information content (AvgIpc) is 2.88. The average molecular weight is 282 g/mol. The lowest BCUT2D eigenvalue weighted by atomic mass is 10.3. The smallest absolute Gasteiger partial charge is 0.199 e. The molecule has 94 valence electrons. The molecule has 0 aromatic heterocycles. The maximum Gasteiger partial charge on any atom is 0.199 e. The first-order chi connectivity index (χ1) is 8.74. The molecule has 1 N–H and O–H groups in total. The van der Waals surface area contributed by atoms with Crippen LogP contribution < -0.4 is 10.2 Å². The highest BCUT2D eigenvalue weighted by Gasteiger charge is 2.19. The summed E-state index contributed by atoms with van der Waals surface area (Å²) in [5.41, 5.74) is 0.820. The zero-order chi connectivity index (χ0) is 13.0. The normalized spacial score (nSPS) is 13.4. The molecule has 0 saturated carbocycles. The van der Waals surface area contributed by atoms with Gasteiger partial charge in [-0.3, -0.25) is 9.89 Å². The Labute approximate surface area is 117 Å². The minimum absolute atomic E-state index is 0.522. The Balaban J connectivity index is 2.38. The summed E-state index contributed by atoms with van der Waals surface area (Å²) in [6.45, 7) is 3.94. The number of anilines is 1. The van der Waals surface area contributed by atoms with Gasteiger partial charge in [0.2, 0.25) is 0 Å². The lowest BCUT2D eigenvalue weighted by Crippen LogP contribution is -2.39. The Hall–Kier alpha value is -1.37. The van der Waals surface area contributed by atoms with Gasteiger partial charge in [0, 0.05) is 6.54 Å². The molecule has 0 unspecified atom stereocenters. The van der Waals surface area contributed by atoms with Crippen molar-refractivity contribution in [3.05, 3.63) is 28.2 Å². The first-order valence-corrected chi connectivity index (χ1v) is 6.39. The minimum atomic E-state index is 0.522. The van der Waals surface area contributed by atoms with Crippen LogP contribution in [0.1, 0.15) is 6.92 Å². The molecular formula is C13H13Cl2N3. The van der Waals surface area contributed by atoms with E-state index in [1.807, 2.05) is 24.0 Å². The van der Waals surface area contributed by atoms with E-state index in [1.165, 1.54) is 0 Å². The van der Waals surface area contributed by atoms with Gasteiger partial charge in [-0.15, -0.1) is 5.92 Å². The number of hydrogen-bond acceptors (Lipinski definition) is 3. The third-order valence-corrected chi connectivity index (χ3v) is 3.36. The SMILES string of the molecule is CC#CCN(C1=NCCN1)c1cccc(Cl)c1Cl. The first kappa shape index (κ1) is 13.1. The second-order valence-corrected chi connectivity index (χ2v) is 4.50. The zero-order valence-corrected chi connectivity index (χ0v) is 11.5. The number of halogens is 2. The molecular weight excluding hydrogens is 269 g/mol. The van der Waals surface area contributed by atoms with E-state index >= 15 is 0 Å². The molecule has 1 aliphatic heterocycles. The number of guanidine groups is 1. The van der Waals surface area contributed by atoms with Crippen LogP contribution in [0.15, 0.2) is 23.2 Å². The molecule has 5 heteroatoms. The highest BCUT2D eigenvalue weighted by Crippen LogP contribution is 2.32. The van der Waals surface area contributed by atoms with Gasteiger partial charge in [-0.1, -0.05) is 35.2 Å². The van der Waals surface area contributed by atoms with Crippen LogP contribution in [0, 0.1) is 11.8 Å². The van der Waals surface area contributed by atoms with Crippen molar-refractivity contribution in [3.8, 4) is 11.8 Å². The van der Waals surface area contributed by atoms with Crippen molar-refractivity contribution in [1.82, 2.24) is 5.32 Å². The van der Waals surface area contributed by atoms with Gasteiger partial charge in [0.05, 0.1) is 28.8 Å². The highest BCUT2D eigenvalue weighted by molar-refractivity contribution is 6.44. The van der Waals surface area contributed by atoms with Crippen molar-refractivity contribution in [2.24, 2.45) is 4.99 Å². The Morgan fingerprint density at radius 3 is 2.94 bits per heavy atom. The van der Waals surface area contributed by atoms with E-state index in [0.29, 0.717) is 16.6 Å². The molecule has 0 spiro atoms. The van der Waals surface area contributed by atoms with Crippen LogP contribution in [0.3, 0.4) is 0 Å². The van der Waals surface area contributed by atoms with Gasteiger partial charge in [-0.2, -0.15) is 0 Å². The van der Waals surface area contributed by atoms with Crippen LogP contribution in [-0.4, -0.2) is 25.6 Å². The summed E-state index contributed by atoms with van der Waals surface area (Å²) in [5.74, 6) is 6.69. The second-order valence-electron chi connectivity index (χ2n) is 3.72. The topological polar surface area (TPSA) is 27.6 Å². The zero-order valence-electron chi connectivity index (χ0n) is 10.0. The lowest BCUT2D eigenvalue weighted by Gasteiger charge is -2.23. The molecule has 1 aromatic rings. The summed E-state index contributed by atoms with van der Waals surface area (Å²) in [6.07, 6.45) is 0. The molecule has 3 nitrogen and oxygen atoms in total. The van der Waals surface area contributed by atoms with Crippen molar-refractivity contribution in [3.63, 3.8) is 0 Å². The molecule has 0 amide bonds. The number of nitrogens with one attached hydrogen (secondary N) is 1. The van der Waals surface area contributed by atoms with Gasteiger partial charge in [-0.25, -0.2) is 0 Å². The maximum atomic E-state index is 6.24. The Morgan fingerprint density at radius 1 is 1.44 bits per heavy atom. The van der Waals surface area contributed by atoms with E-state index in [4.69, 9.17) is 23.2 Å². The van der Waals surface area contributed by atoms with Crippen molar-refractivity contribution >= 4 is 34.8 Å². The van der Waals surface area contributed by atoms with E-state index in [-0.39, 0.29) is 0 Å². The number of hydrogen-bond donors (Lipinski definition) is 1. The molecule has 1 heterocycles. The van der Waals surface area contributed by atoms with Crippen LogP contribution in [0.5, 0.6) is 0 Å². The molecule has 1 aromatic carbocycles. The molecule has 1 aliphatic rings. The van der Waals surface area contributed by atoms with Crippen LogP contribution in [0.2, 0.25) is 10.0 Å². The first-order valence-electron chi connectivity index (χ1n) is 5.63. The number of nitrogens with zero attached hydrogens (tertiary/aromatic N) is 2. The van der Waals surface area contributed by atoms with Gasteiger partial charge >= 0.3 is 0 Å². The molecule has 0 saturated heterocycles. The molecule has 0 atom stereocenters. The summed E-state index contributed by atoms with van der Waals surface area (Å²) in [4.78, 5) is 6.34. The predicted molar refractivity (Wildman–Crippen MR) is 77.6 cm³/mol. The fourth-order valence-electron chi connectivity index (χ4n) is 1.70. The van der Waals surface area contributed by atoms with Crippen molar-refractivity contribution in [2.45, 2.75) is 6.92 Å². The Morgan fingerprint density at radius 2 is 2.28 bits per heavy atom. The van der Waals surface area contributed by atoms with Crippen LogP contribution in [0.4, 0.5) is 5.69 Å². The Kier molecular flexibility index (Phi) is 4.35. The summed E-state index contributed by atoms with van der Waals surface area (Å²) >= 11 is 12.3. The van der Waals surface area contributed by atoms with Gasteiger partial charge in [-0.05, 0) is 19.1 Å². The fourth-order valence-corrected chi connectivity index (χ4v) is 2.10. The maximum absolute atomic E-state index is 6.24.